The topological polar surface area (TPSA) is 77.8 Å². The van der Waals surface area contributed by atoms with E-state index in [1.54, 1.807) is 0 Å². The van der Waals surface area contributed by atoms with Crippen molar-refractivity contribution in [2.75, 3.05) is 0 Å². The first-order valence-corrected chi connectivity index (χ1v) is 2.78. The van der Waals surface area contributed by atoms with Crippen LogP contribution >= 0.6 is 0 Å². The van der Waals surface area contributed by atoms with E-state index in [9.17, 15) is 4.79 Å². The number of hydrogen-bond acceptors (Lipinski definition) is 3. The van der Waals surface area contributed by atoms with Crippen molar-refractivity contribution in [2.45, 2.75) is 0 Å². The second-order valence-corrected chi connectivity index (χ2v) is 1.92. The Morgan fingerprint density at radius 2 is 2.09 bits per heavy atom. The Kier molecular flexibility index (Phi) is 1.68. The first-order valence-electron chi connectivity index (χ1n) is 2.78. The molecule has 1 aromatic rings. The number of rotatable bonds is 1. The smallest absolute Gasteiger partial charge is 0.339 e. The van der Waals surface area contributed by atoms with E-state index in [2.05, 4.69) is 6.07 Å². The number of carboxylic acids is 1. The predicted octanol–water partition coefficient (Wildman–Crippen LogP) is 0.596. The molecule has 0 heterocycles. The highest BCUT2D eigenvalue weighted by Gasteiger charge is 2.08. The van der Waals surface area contributed by atoms with E-state index in [4.69, 9.17) is 15.3 Å². The number of hydrogen-bond donors (Lipinski definition) is 3. The van der Waals surface area contributed by atoms with Crippen molar-refractivity contribution in [1.29, 1.82) is 0 Å². The lowest BCUT2D eigenvalue weighted by Crippen LogP contribution is -1.95. The molecule has 0 aliphatic rings. The van der Waals surface area contributed by atoms with E-state index in [1.165, 1.54) is 0 Å². The largest absolute Gasteiger partial charge is 0.507 e. The van der Waals surface area contributed by atoms with Gasteiger partial charge in [0.1, 0.15) is 17.1 Å². The molecule has 1 radical (unpaired) electrons. The Labute approximate surface area is 62.3 Å². The SMILES string of the molecule is O=C(O)c1c[c]c(O)cc1O. The molecular weight excluding hydrogens is 148 g/mol. The minimum Gasteiger partial charge on any atom is -0.507 e. The number of phenolic OH excluding ortho intramolecular Hbond substituents is 1. The van der Waals surface area contributed by atoms with Crippen LogP contribution in [-0.2, 0) is 0 Å². The van der Waals surface area contributed by atoms with Crippen molar-refractivity contribution in [2.24, 2.45) is 0 Å². The van der Waals surface area contributed by atoms with Gasteiger partial charge < -0.3 is 15.3 Å². The summed E-state index contributed by atoms with van der Waals surface area (Å²) < 4.78 is 0. The number of aromatic hydroxyl groups is 2. The second kappa shape index (κ2) is 2.49. The van der Waals surface area contributed by atoms with Gasteiger partial charge in [-0.1, -0.05) is 0 Å². The Morgan fingerprint density at radius 1 is 1.45 bits per heavy atom. The average Bonchev–Trinajstić information content (AvgIpc) is 1.85. The van der Waals surface area contributed by atoms with Crippen molar-refractivity contribution in [1.82, 2.24) is 0 Å². The van der Waals surface area contributed by atoms with Gasteiger partial charge in [-0.05, 0) is 6.07 Å². The standard InChI is InChI=1S/C7H5O4/c8-4-1-2-5(7(10)11)6(9)3-4/h2-3,8-9H,(H,10,11). The molecular formula is C7H5O4. The molecule has 3 N–H and O–H groups in total. The lowest BCUT2D eigenvalue weighted by Gasteiger charge is -1.97. The highest BCUT2D eigenvalue weighted by Crippen LogP contribution is 2.21. The summed E-state index contributed by atoms with van der Waals surface area (Å²) >= 11 is 0. The number of benzene rings is 1. The van der Waals surface area contributed by atoms with Gasteiger partial charge in [0.2, 0.25) is 0 Å². The Balaban J connectivity index is 3.20. The number of carbonyl (C=O) groups is 1. The van der Waals surface area contributed by atoms with Gasteiger partial charge in [-0.25, -0.2) is 4.79 Å². The van der Waals surface area contributed by atoms with Crippen molar-refractivity contribution < 1.29 is 20.1 Å². The van der Waals surface area contributed by atoms with Gasteiger partial charge in [-0.15, -0.1) is 0 Å². The zero-order valence-corrected chi connectivity index (χ0v) is 5.40. The molecule has 0 aromatic heterocycles. The fourth-order valence-electron chi connectivity index (χ4n) is 0.640. The molecule has 1 aromatic carbocycles. The maximum Gasteiger partial charge on any atom is 0.339 e. The van der Waals surface area contributed by atoms with Gasteiger partial charge in [-0.2, -0.15) is 0 Å². The number of phenols is 2. The Bertz CT molecular complexity index is 292. The van der Waals surface area contributed by atoms with Crippen molar-refractivity contribution in [3.63, 3.8) is 0 Å². The monoisotopic (exact) mass is 153 g/mol. The second-order valence-electron chi connectivity index (χ2n) is 1.92. The molecule has 4 heteroatoms. The van der Waals surface area contributed by atoms with Crippen LogP contribution in [-0.4, -0.2) is 21.3 Å². The Morgan fingerprint density at radius 3 is 2.55 bits per heavy atom. The fraction of sp³-hybridized carbons (Fsp3) is 0. The van der Waals surface area contributed by atoms with Crippen molar-refractivity contribution in [3.05, 3.63) is 23.8 Å². The first kappa shape index (κ1) is 7.40. The molecule has 0 aliphatic heterocycles. The van der Waals surface area contributed by atoms with Gasteiger partial charge in [0, 0.05) is 12.1 Å². The van der Waals surface area contributed by atoms with Crippen LogP contribution in [0.15, 0.2) is 12.1 Å². The van der Waals surface area contributed by atoms with E-state index in [-0.39, 0.29) is 11.3 Å². The fourth-order valence-corrected chi connectivity index (χ4v) is 0.640. The molecule has 0 amide bonds. The lowest BCUT2D eigenvalue weighted by molar-refractivity contribution is 0.0693. The summed E-state index contributed by atoms with van der Waals surface area (Å²) in [5, 5.41) is 26.0. The van der Waals surface area contributed by atoms with Crippen LogP contribution in [0.4, 0.5) is 0 Å². The Hall–Kier alpha value is -1.71. The van der Waals surface area contributed by atoms with E-state index in [0.717, 1.165) is 12.1 Å². The summed E-state index contributed by atoms with van der Waals surface area (Å²) in [4.78, 5) is 10.3. The predicted molar refractivity (Wildman–Crippen MR) is 35.6 cm³/mol. The van der Waals surface area contributed by atoms with Gasteiger partial charge in [0.15, 0.2) is 0 Å². The van der Waals surface area contributed by atoms with Crippen LogP contribution in [0.3, 0.4) is 0 Å². The average molecular weight is 153 g/mol. The highest BCUT2D eigenvalue weighted by molar-refractivity contribution is 5.90. The summed E-state index contributed by atoms with van der Waals surface area (Å²) in [5.41, 5.74) is -0.275. The third-order valence-corrected chi connectivity index (χ3v) is 1.14. The van der Waals surface area contributed by atoms with Crippen LogP contribution in [0.2, 0.25) is 0 Å². The molecule has 57 valence electrons. The van der Waals surface area contributed by atoms with Crippen LogP contribution < -0.4 is 0 Å². The van der Waals surface area contributed by atoms with Gasteiger partial charge >= 0.3 is 5.97 Å². The van der Waals surface area contributed by atoms with E-state index in [1.807, 2.05) is 0 Å². The molecule has 0 saturated heterocycles. The van der Waals surface area contributed by atoms with Gasteiger partial charge in [-0.3, -0.25) is 0 Å². The minimum absolute atomic E-state index is 0.275. The number of aromatic carboxylic acids is 1. The molecule has 11 heavy (non-hydrogen) atoms. The summed E-state index contributed by atoms with van der Waals surface area (Å²) in [6.45, 7) is 0. The first-order chi connectivity index (χ1) is 5.11. The minimum atomic E-state index is -1.25. The summed E-state index contributed by atoms with van der Waals surface area (Å²) in [6, 6.07) is 4.16. The third kappa shape index (κ3) is 1.40. The summed E-state index contributed by atoms with van der Waals surface area (Å²) in [7, 11) is 0. The van der Waals surface area contributed by atoms with Crippen molar-refractivity contribution >= 4 is 5.97 Å². The van der Waals surface area contributed by atoms with E-state index < -0.39 is 11.7 Å². The van der Waals surface area contributed by atoms with Crippen LogP contribution in [0, 0.1) is 6.07 Å². The van der Waals surface area contributed by atoms with Gasteiger partial charge in [0.25, 0.3) is 0 Å². The molecule has 4 nitrogen and oxygen atoms in total. The number of carboxylic acid groups (broad SMARTS) is 1. The molecule has 0 unspecified atom stereocenters. The summed E-state index contributed by atoms with van der Waals surface area (Å²) in [5.74, 6) is -2.00. The quantitative estimate of drug-likeness (QED) is 0.552. The van der Waals surface area contributed by atoms with Crippen LogP contribution in [0.5, 0.6) is 11.5 Å². The maximum absolute atomic E-state index is 10.3. The molecule has 0 spiro atoms. The van der Waals surface area contributed by atoms with E-state index >= 15 is 0 Å². The highest BCUT2D eigenvalue weighted by atomic mass is 16.4. The maximum atomic E-state index is 10.3. The normalized spacial score (nSPS) is 9.45. The molecule has 0 bridgehead atoms. The van der Waals surface area contributed by atoms with Crippen LogP contribution in [0.25, 0.3) is 0 Å². The van der Waals surface area contributed by atoms with Crippen LogP contribution in [0.1, 0.15) is 10.4 Å². The molecule has 0 atom stereocenters. The lowest BCUT2D eigenvalue weighted by atomic mass is 10.2. The molecule has 0 saturated carbocycles. The van der Waals surface area contributed by atoms with E-state index in [0.29, 0.717) is 0 Å². The zero-order valence-electron chi connectivity index (χ0n) is 5.40. The molecule has 0 fully saturated rings. The molecule has 0 aliphatic carbocycles. The zero-order chi connectivity index (χ0) is 8.43. The van der Waals surface area contributed by atoms with Gasteiger partial charge in [0.05, 0.1) is 0 Å². The third-order valence-electron chi connectivity index (χ3n) is 1.14. The summed E-state index contributed by atoms with van der Waals surface area (Å²) in [6.07, 6.45) is 0. The van der Waals surface area contributed by atoms with Crippen molar-refractivity contribution in [3.8, 4) is 11.5 Å². The molecule has 1 rings (SSSR count).